The summed E-state index contributed by atoms with van der Waals surface area (Å²) < 4.78 is 3.32. The van der Waals surface area contributed by atoms with E-state index in [1.54, 1.807) is 21.2 Å². The highest BCUT2D eigenvalue weighted by Gasteiger charge is 2.28. The van der Waals surface area contributed by atoms with Crippen LogP contribution in [0.15, 0.2) is 29.2 Å². The van der Waals surface area contributed by atoms with Gasteiger partial charge in [-0.15, -0.1) is 0 Å². The van der Waals surface area contributed by atoms with E-state index in [9.17, 15) is 9.59 Å². The van der Waals surface area contributed by atoms with Gasteiger partial charge in [-0.25, -0.2) is 4.98 Å². The molecule has 3 aromatic heterocycles. The number of hydrogen-bond donors (Lipinski definition) is 1. The van der Waals surface area contributed by atoms with Crippen LogP contribution in [0.2, 0.25) is 0 Å². The van der Waals surface area contributed by atoms with Crippen LogP contribution in [0.4, 0.5) is 0 Å². The number of aromatic nitrogens is 3. The maximum atomic E-state index is 13.6. The maximum absolute atomic E-state index is 13.6. The molecule has 33 heavy (non-hydrogen) atoms. The molecular weight excluding hydrogens is 414 g/mol. The standard InChI is InChI=1S/C26H35N5O2/c1-5-6-7-8-11-30-22(27)20(25(32)29-15-17(2)13-18(3)16-29)14-21-24(30)28-23-19(4)10-9-12-31(23)26(21)33/h9-10,12,14,17-18,27H,5-8,11,13,15-16H2,1-4H3. The Morgan fingerprint density at radius 3 is 2.58 bits per heavy atom. The van der Waals surface area contributed by atoms with Gasteiger partial charge < -0.3 is 9.47 Å². The summed E-state index contributed by atoms with van der Waals surface area (Å²) in [7, 11) is 0. The monoisotopic (exact) mass is 449 g/mol. The predicted octanol–water partition coefficient (Wildman–Crippen LogP) is 4.14. The molecule has 0 radical (unpaired) electrons. The van der Waals surface area contributed by atoms with Crippen LogP contribution in [0.1, 0.15) is 68.8 Å². The number of fused-ring (bicyclic) bond motifs is 2. The van der Waals surface area contributed by atoms with Crippen molar-refractivity contribution in [2.24, 2.45) is 11.8 Å². The van der Waals surface area contributed by atoms with Crippen LogP contribution in [0.5, 0.6) is 0 Å². The molecule has 2 atom stereocenters. The third kappa shape index (κ3) is 4.45. The average molecular weight is 450 g/mol. The minimum atomic E-state index is -0.199. The van der Waals surface area contributed by atoms with Gasteiger partial charge in [-0.05, 0) is 49.3 Å². The van der Waals surface area contributed by atoms with E-state index in [1.807, 2.05) is 24.0 Å². The molecule has 1 fully saturated rings. The summed E-state index contributed by atoms with van der Waals surface area (Å²) >= 11 is 0. The molecule has 0 aliphatic carbocycles. The van der Waals surface area contributed by atoms with Crippen molar-refractivity contribution in [3.8, 4) is 0 Å². The van der Waals surface area contributed by atoms with E-state index < -0.39 is 0 Å². The van der Waals surface area contributed by atoms with Crippen molar-refractivity contribution in [1.82, 2.24) is 18.9 Å². The first-order chi connectivity index (χ1) is 15.8. The van der Waals surface area contributed by atoms with E-state index in [1.165, 1.54) is 0 Å². The molecule has 1 aliphatic heterocycles. The van der Waals surface area contributed by atoms with E-state index >= 15 is 0 Å². The lowest BCUT2D eigenvalue weighted by Crippen LogP contribution is -2.45. The number of likely N-dealkylation sites (tertiary alicyclic amines) is 1. The minimum Gasteiger partial charge on any atom is -0.338 e. The Bertz CT molecular complexity index is 1300. The maximum Gasteiger partial charge on any atom is 0.267 e. The Hall–Kier alpha value is -2.96. The van der Waals surface area contributed by atoms with Crippen molar-refractivity contribution in [2.75, 3.05) is 13.1 Å². The van der Waals surface area contributed by atoms with E-state index in [4.69, 9.17) is 10.4 Å². The smallest absolute Gasteiger partial charge is 0.267 e. The highest BCUT2D eigenvalue weighted by molar-refractivity contribution is 5.97. The zero-order valence-electron chi connectivity index (χ0n) is 20.2. The summed E-state index contributed by atoms with van der Waals surface area (Å²) in [5, 5.41) is 9.35. The van der Waals surface area contributed by atoms with Crippen molar-refractivity contribution >= 4 is 22.6 Å². The lowest BCUT2D eigenvalue weighted by Gasteiger charge is -2.35. The van der Waals surface area contributed by atoms with E-state index in [2.05, 4.69) is 20.8 Å². The van der Waals surface area contributed by atoms with Gasteiger partial charge in [0.15, 0.2) is 0 Å². The number of aryl methyl sites for hydroxylation is 2. The number of amides is 1. The number of rotatable bonds is 6. The number of hydrogen-bond acceptors (Lipinski definition) is 4. The molecule has 1 saturated heterocycles. The quantitative estimate of drug-likeness (QED) is 0.454. The topological polar surface area (TPSA) is 83.5 Å². The fourth-order valence-corrected chi connectivity index (χ4v) is 5.17. The Kier molecular flexibility index (Phi) is 6.68. The second-order valence-corrected chi connectivity index (χ2v) is 9.81. The molecule has 1 amide bonds. The van der Waals surface area contributed by atoms with Gasteiger partial charge in [0.2, 0.25) is 0 Å². The lowest BCUT2D eigenvalue weighted by atomic mass is 9.91. The SMILES string of the molecule is CCCCCCn1c(=N)c(C(=O)N2CC(C)CC(C)C2)cc2c(=O)n3cccc(C)c3nc21. The van der Waals surface area contributed by atoms with Gasteiger partial charge in [-0.1, -0.05) is 46.1 Å². The van der Waals surface area contributed by atoms with Crippen molar-refractivity contribution < 1.29 is 4.79 Å². The normalized spacial score (nSPS) is 18.8. The van der Waals surface area contributed by atoms with Gasteiger partial charge >= 0.3 is 0 Å². The van der Waals surface area contributed by atoms with Gasteiger partial charge in [0.05, 0.1) is 10.9 Å². The van der Waals surface area contributed by atoms with Crippen LogP contribution < -0.4 is 11.0 Å². The van der Waals surface area contributed by atoms with Crippen molar-refractivity contribution in [2.45, 2.75) is 66.3 Å². The third-order valence-corrected chi connectivity index (χ3v) is 6.76. The van der Waals surface area contributed by atoms with Gasteiger partial charge in [-0.2, -0.15) is 0 Å². The van der Waals surface area contributed by atoms with Crippen molar-refractivity contribution in [3.05, 3.63) is 51.4 Å². The molecule has 3 aromatic rings. The number of pyridine rings is 2. The number of carbonyl (C=O) groups excluding carboxylic acids is 1. The molecule has 7 heteroatoms. The summed E-state index contributed by atoms with van der Waals surface area (Å²) in [5.41, 5.74) is 2.24. The second-order valence-electron chi connectivity index (χ2n) is 9.81. The predicted molar refractivity (Wildman–Crippen MR) is 131 cm³/mol. The Morgan fingerprint density at radius 1 is 1.15 bits per heavy atom. The molecule has 7 nitrogen and oxygen atoms in total. The van der Waals surface area contributed by atoms with Gasteiger partial charge in [0.25, 0.3) is 11.5 Å². The van der Waals surface area contributed by atoms with E-state index in [-0.39, 0.29) is 17.0 Å². The van der Waals surface area contributed by atoms with Gasteiger partial charge in [0, 0.05) is 25.8 Å². The van der Waals surface area contributed by atoms with Crippen molar-refractivity contribution in [1.29, 1.82) is 5.41 Å². The third-order valence-electron chi connectivity index (χ3n) is 6.76. The Balaban J connectivity index is 1.90. The van der Waals surface area contributed by atoms with Crippen LogP contribution in [-0.2, 0) is 6.54 Å². The molecular formula is C26H35N5O2. The Labute approximate surface area is 194 Å². The summed E-state index contributed by atoms with van der Waals surface area (Å²) in [5.74, 6) is 0.691. The lowest BCUT2D eigenvalue weighted by molar-refractivity contribution is 0.0620. The summed E-state index contributed by atoms with van der Waals surface area (Å²) in [4.78, 5) is 33.7. The van der Waals surface area contributed by atoms with Crippen LogP contribution in [-0.4, -0.2) is 37.8 Å². The number of carbonyl (C=O) groups is 1. The second kappa shape index (κ2) is 9.49. The summed E-state index contributed by atoms with van der Waals surface area (Å²) in [6.45, 7) is 10.4. The van der Waals surface area contributed by atoms with Gasteiger partial charge in [-0.3, -0.25) is 19.4 Å². The number of unbranched alkanes of at least 4 members (excludes halogenated alkanes) is 3. The number of piperidine rings is 1. The highest BCUT2D eigenvalue weighted by atomic mass is 16.2. The fourth-order valence-electron chi connectivity index (χ4n) is 5.17. The van der Waals surface area contributed by atoms with E-state index in [0.29, 0.717) is 53.7 Å². The van der Waals surface area contributed by atoms with Crippen LogP contribution in [0.25, 0.3) is 16.7 Å². The highest BCUT2D eigenvalue weighted by Crippen LogP contribution is 2.23. The van der Waals surface area contributed by atoms with E-state index in [0.717, 1.165) is 37.7 Å². The molecule has 1 aliphatic rings. The number of nitrogens with one attached hydrogen (secondary N) is 1. The molecule has 176 valence electrons. The largest absolute Gasteiger partial charge is 0.338 e. The molecule has 0 spiro atoms. The first kappa shape index (κ1) is 23.2. The minimum absolute atomic E-state index is 0.153. The fraction of sp³-hybridized carbons (Fsp3) is 0.538. The van der Waals surface area contributed by atoms with Crippen LogP contribution in [0, 0.1) is 24.2 Å². The zero-order chi connectivity index (χ0) is 23.7. The average Bonchev–Trinajstić information content (AvgIpc) is 2.77. The number of nitrogens with zero attached hydrogens (tertiary/aromatic N) is 4. The van der Waals surface area contributed by atoms with Gasteiger partial charge in [0.1, 0.15) is 16.8 Å². The van der Waals surface area contributed by atoms with Crippen molar-refractivity contribution in [3.63, 3.8) is 0 Å². The summed E-state index contributed by atoms with van der Waals surface area (Å²) in [6, 6.07) is 5.37. The molecule has 0 saturated carbocycles. The van der Waals surface area contributed by atoms with Crippen LogP contribution in [0.3, 0.4) is 0 Å². The molecule has 0 aromatic carbocycles. The zero-order valence-corrected chi connectivity index (χ0v) is 20.2. The first-order valence-electron chi connectivity index (χ1n) is 12.2. The molecule has 0 bridgehead atoms. The Morgan fingerprint density at radius 2 is 1.88 bits per heavy atom. The molecule has 2 unspecified atom stereocenters. The molecule has 1 N–H and O–H groups in total. The molecule has 4 heterocycles. The summed E-state index contributed by atoms with van der Waals surface area (Å²) in [6.07, 6.45) is 6.97. The molecule has 4 rings (SSSR count). The first-order valence-corrected chi connectivity index (χ1v) is 12.2. The van der Waals surface area contributed by atoms with Crippen LogP contribution >= 0.6 is 0 Å².